The van der Waals surface area contributed by atoms with Crippen molar-refractivity contribution < 1.29 is 23.8 Å². The van der Waals surface area contributed by atoms with Crippen LogP contribution in [0.15, 0.2) is 115 Å². The van der Waals surface area contributed by atoms with Gasteiger partial charge in [-0.15, -0.1) is 0 Å². The van der Waals surface area contributed by atoms with Gasteiger partial charge < -0.3 is 9.47 Å². The van der Waals surface area contributed by atoms with Gasteiger partial charge in [0.15, 0.2) is 11.5 Å². The zero-order chi connectivity index (χ0) is 33.2. The van der Waals surface area contributed by atoms with Crippen LogP contribution >= 0.6 is 7.26 Å². The molecule has 0 aliphatic rings. The molecule has 4 aromatic carbocycles. The van der Waals surface area contributed by atoms with Gasteiger partial charge in [-0.25, -0.2) is 4.79 Å². The summed E-state index contributed by atoms with van der Waals surface area (Å²) in [5.74, 6) is -0.0227. The number of esters is 2. The van der Waals surface area contributed by atoms with Crippen molar-refractivity contribution in [3.63, 3.8) is 0 Å². The topological polar surface area (TPSA) is 61.8 Å². The first kappa shape index (κ1) is 35.6. The molecule has 0 aliphatic carbocycles. The van der Waals surface area contributed by atoms with E-state index in [2.05, 4.69) is 91.0 Å². The van der Waals surface area contributed by atoms with Crippen molar-refractivity contribution in [1.82, 2.24) is 0 Å². The standard InChI is InChI=1S/C41H49O5P/c1-34(42)46-39-29-27-35(33-40(39)44-2)28-30-41(43)45-31-19-8-6-4-3-5-7-9-20-32-47(36-21-13-10-14-22-36,37-23-15-11-16-24-37)38-25-17-12-18-26-38/h10-18,21-30,33,47H,3-9,19-20,31-32H2,1-2H3. The Bertz CT molecular complexity index is 1440. The van der Waals surface area contributed by atoms with Crippen molar-refractivity contribution in [3.8, 4) is 11.5 Å². The molecule has 0 radical (unpaired) electrons. The van der Waals surface area contributed by atoms with Crippen LogP contribution in [-0.4, -0.2) is 31.8 Å². The zero-order valence-corrected chi connectivity index (χ0v) is 28.9. The van der Waals surface area contributed by atoms with E-state index >= 15 is 0 Å². The van der Waals surface area contributed by atoms with Gasteiger partial charge in [0, 0.05) is 13.0 Å². The van der Waals surface area contributed by atoms with Crippen LogP contribution in [0.5, 0.6) is 11.5 Å². The molecule has 248 valence electrons. The van der Waals surface area contributed by atoms with Crippen LogP contribution in [-0.2, 0) is 14.3 Å². The van der Waals surface area contributed by atoms with E-state index in [9.17, 15) is 9.59 Å². The molecule has 0 amide bonds. The van der Waals surface area contributed by atoms with Gasteiger partial charge >= 0.3 is 201 Å². The molecule has 0 aliphatic heterocycles. The van der Waals surface area contributed by atoms with Crippen LogP contribution in [0.4, 0.5) is 0 Å². The van der Waals surface area contributed by atoms with Crippen molar-refractivity contribution in [3.05, 3.63) is 121 Å². The first-order chi connectivity index (χ1) is 23.0. The Balaban J connectivity index is 1.13. The van der Waals surface area contributed by atoms with E-state index in [0.717, 1.165) is 24.8 Å². The van der Waals surface area contributed by atoms with Crippen LogP contribution in [0.3, 0.4) is 0 Å². The first-order valence-corrected chi connectivity index (χ1v) is 19.1. The summed E-state index contributed by atoms with van der Waals surface area (Å²) in [5.41, 5.74) is 0.750. The Morgan fingerprint density at radius 1 is 0.617 bits per heavy atom. The maximum atomic E-state index is 12.1. The number of carbonyl (C=O) groups excluding carboxylic acids is 2. The predicted octanol–water partition coefficient (Wildman–Crippen LogP) is 8.41. The van der Waals surface area contributed by atoms with Crippen LogP contribution in [0.25, 0.3) is 6.08 Å². The number of rotatable bonds is 19. The minimum absolute atomic E-state index is 0.341. The second kappa shape index (κ2) is 19.5. The number of benzene rings is 4. The SMILES string of the molecule is COc1cc(C=CC(=O)OCCCCCCCCCCC[PH](c2ccccc2)(c2ccccc2)c2ccccc2)ccc1OC(C)=O. The van der Waals surface area contributed by atoms with Crippen molar-refractivity contribution >= 4 is 41.2 Å². The van der Waals surface area contributed by atoms with E-state index in [0.29, 0.717) is 18.1 Å². The number of carbonyl (C=O) groups is 2. The second-order valence-electron chi connectivity index (χ2n) is 11.9. The summed E-state index contributed by atoms with van der Waals surface area (Å²) in [5, 5.41) is 4.48. The molecule has 4 rings (SSSR count). The average molecular weight is 653 g/mol. The third kappa shape index (κ3) is 10.9. The molecule has 5 nitrogen and oxygen atoms in total. The van der Waals surface area contributed by atoms with Gasteiger partial charge in [0.1, 0.15) is 0 Å². The fourth-order valence-corrected chi connectivity index (χ4v) is 11.2. The van der Waals surface area contributed by atoms with E-state index in [-0.39, 0.29) is 5.97 Å². The summed E-state index contributed by atoms with van der Waals surface area (Å²) >= 11 is 0. The van der Waals surface area contributed by atoms with Gasteiger partial charge in [-0.1, -0.05) is 6.07 Å². The van der Waals surface area contributed by atoms with Crippen molar-refractivity contribution in [1.29, 1.82) is 0 Å². The van der Waals surface area contributed by atoms with Crippen LogP contribution in [0.2, 0.25) is 0 Å². The second-order valence-corrected chi connectivity index (χ2v) is 16.0. The summed E-state index contributed by atoms with van der Waals surface area (Å²) in [4.78, 5) is 23.4. The monoisotopic (exact) mass is 652 g/mol. The van der Waals surface area contributed by atoms with Gasteiger partial charge in [0.25, 0.3) is 0 Å². The maximum Gasteiger partial charge on any atom is 0.308 e. The smallest absolute Gasteiger partial charge is 0.308 e. The van der Waals surface area contributed by atoms with Gasteiger partial charge in [-0.3, -0.25) is 4.79 Å². The van der Waals surface area contributed by atoms with Gasteiger partial charge in [-0.2, -0.15) is 0 Å². The molecule has 47 heavy (non-hydrogen) atoms. The van der Waals surface area contributed by atoms with Crippen LogP contribution in [0, 0.1) is 0 Å². The minimum Gasteiger partial charge on any atom is -0.423 e. The van der Waals surface area contributed by atoms with Gasteiger partial charge in [0.2, 0.25) is 0 Å². The quantitative estimate of drug-likeness (QED) is 0.0335. The fourth-order valence-electron chi connectivity index (χ4n) is 6.24. The molecule has 0 aromatic heterocycles. The zero-order valence-electron chi connectivity index (χ0n) is 27.9. The molecule has 0 heterocycles. The third-order valence-corrected chi connectivity index (χ3v) is 13.7. The molecule has 0 spiro atoms. The van der Waals surface area contributed by atoms with Gasteiger partial charge in [0.05, 0.1) is 7.11 Å². The summed E-state index contributed by atoms with van der Waals surface area (Å²) in [6.45, 7) is 1.76. The van der Waals surface area contributed by atoms with Gasteiger partial charge in [-0.05, 0) is 23.8 Å². The van der Waals surface area contributed by atoms with E-state index in [4.69, 9.17) is 14.2 Å². The molecule has 4 aromatic rings. The fraction of sp³-hybridized carbons (Fsp3) is 0.317. The Kier molecular flexibility index (Phi) is 14.7. The molecule has 0 bridgehead atoms. The molecule has 0 atom stereocenters. The van der Waals surface area contributed by atoms with E-state index < -0.39 is 13.2 Å². The van der Waals surface area contributed by atoms with E-state index in [1.807, 2.05) is 0 Å². The average Bonchev–Trinajstić information content (AvgIpc) is 3.11. The van der Waals surface area contributed by atoms with Crippen molar-refractivity contribution in [2.75, 3.05) is 19.9 Å². The molecular formula is C41H49O5P. The maximum absolute atomic E-state index is 12.1. The molecular weight excluding hydrogens is 603 g/mol. The molecule has 0 N–H and O–H groups in total. The van der Waals surface area contributed by atoms with Crippen molar-refractivity contribution in [2.45, 2.75) is 64.7 Å². The van der Waals surface area contributed by atoms with E-state index in [1.54, 1.807) is 24.3 Å². The number of hydrogen-bond donors (Lipinski definition) is 0. The summed E-state index contributed by atoms with van der Waals surface area (Å²) in [6.07, 6.45) is 14.9. The number of hydrogen-bond acceptors (Lipinski definition) is 5. The first-order valence-electron chi connectivity index (χ1n) is 16.9. The molecule has 0 saturated carbocycles. The number of ether oxygens (including phenoxy) is 3. The molecule has 0 unspecified atom stereocenters. The molecule has 6 heteroatoms. The third-order valence-electron chi connectivity index (χ3n) is 8.59. The summed E-state index contributed by atoms with van der Waals surface area (Å²) in [7, 11) is -0.618. The molecule has 0 fully saturated rings. The summed E-state index contributed by atoms with van der Waals surface area (Å²) < 4.78 is 15.8. The Hall–Kier alpha value is -4.21. The van der Waals surface area contributed by atoms with Crippen molar-refractivity contribution in [2.24, 2.45) is 0 Å². The van der Waals surface area contributed by atoms with Crippen LogP contribution < -0.4 is 25.4 Å². The number of unbranched alkanes of at least 4 members (excludes halogenated alkanes) is 8. The Morgan fingerprint density at radius 3 is 1.60 bits per heavy atom. The Labute approximate surface area is 281 Å². The van der Waals surface area contributed by atoms with E-state index in [1.165, 1.54) is 80.7 Å². The Morgan fingerprint density at radius 2 is 1.11 bits per heavy atom. The summed E-state index contributed by atoms with van der Waals surface area (Å²) in [6, 6.07) is 38.7. The normalized spacial score (nSPS) is 11.7. The minimum atomic E-state index is -2.12. The predicted molar refractivity (Wildman–Crippen MR) is 197 cm³/mol. The largest absolute Gasteiger partial charge is 0.423 e. The number of methoxy groups -OCH3 is 1. The molecule has 0 saturated heterocycles. The van der Waals surface area contributed by atoms with Crippen LogP contribution in [0.1, 0.15) is 70.3 Å².